The highest BCUT2D eigenvalue weighted by molar-refractivity contribution is 7.16. The van der Waals surface area contributed by atoms with Crippen LogP contribution in [0.3, 0.4) is 0 Å². The topological polar surface area (TPSA) is 64.1 Å². The van der Waals surface area contributed by atoms with Crippen molar-refractivity contribution in [2.24, 2.45) is 0 Å². The third-order valence-electron chi connectivity index (χ3n) is 2.79. The van der Waals surface area contributed by atoms with Crippen LogP contribution in [0.5, 0.6) is 5.88 Å². The van der Waals surface area contributed by atoms with Crippen LogP contribution in [-0.2, 0) is 4.79 Å². The number of aromatic nitrogens is 2. The number of halogens is 2. The van der Waals surface area contributed by atoms with Gasteiger partial charge in [-0.15, -0.1) is 11.3 Å². The molecule has 8 heteroatoms. The SMILES string of the molecule is O=C(COc1ncnc2sccc12)Nc1c(Cl)cccc1Cl. The van der Waals surface area contributed by atoms with E-state index < -0.39 is 0 Å². The van der Waals surface area contributed by atoms with Crippen molar-refractivity contribution in [1.29, 1.82) is 0 Å². The number of anilines is 1. The van der Waals surface area contributed by atoms with Crippen LogP contribution < -0.4 is 10.1 Å². The molecule has 0 radical (unpaired) electrons. The molecule has 2 aromatic heterocycles. The van der Waals surface area contributed by atoms with E-state index in [1.54, 1.807) is 18.2 Å². The molecule has 3 rings (SSSR count). The van der Waals surface area contributed by atoms with Crippen molar-refractivity contribution < 1.29 is 9.53 Å². The lowest BCUT2D eigenvalue weighted by Gasteiger charge is -2.10. The molecule has 0 atom stereocenters. The Morgan fingerprint density at radius 2 is 2.00 bits per heavy atom. The van der Waals surface area contributed by atoms with Crippen LogP contribution in [0.1, 0.15) is 0 Å². The Kier molecular flexibility index (Phi) is 4.42. The first-order valence-corrected chi connectivity index (χ1v) is 7.83. The van der Waals surface area contributed by atoms with Gasteiger partial charge in [0.2, 0.25) is 5.88 Å². The van der Waals surface area contributed by atoms with Gasteiger partial charge < -0.3 is 10.1 Å². The van der Waals surface area contributed by atoms with Crippen molar-refractivity contribution >= 4 is 56.3 Å². The Labute approximate surface area is 139 Å². The van der Waals surface area contributed by atoms with Crippen molar-refractivity contribution in [3.8, 4) is 5.88 Å². The summed E-state index contributed by atoms with van der Waals surface area (Å²) in [4.78, 5) is 20.9. The largest absolute Gasteiger partial charge is 0.467 e. The number of nitrogens with one attached hydrogen (secondary N) is 1. The first kappa shape index (κ1) is 15.0. The van der Waals surface area contributed by atoms with E-state index in [4.69, 9.17) is 27.9 Å². The first-order valence-electron chi connectivity index (χ1n) is 6.20. The molecule has 112 valence electrons. The van der Waals surface area contributed by atoms with Gasteiger partial charge in [0, 0.05) is 0 Å². The Morgan fingerprint density at radius 1 is 1.23 bits per heavy atom. The Balaban J connectivity index is 1.69. The van der Waals surface area contributed by atoms with Crippen LogP contribution in [0.15, 0.2) is 36.0 Å². The number of benzene rings is 1. The highest BCUT2D eigenvalue weighted by Crippen LogP contribution is 2.30. The first-order chi connectivity index (χ1) is 10.6. The predicted molar refractivity (Wildman–Crippen MR) is 88.0 cm³/mol. The third-order valence-corrected chi connectivity index (χ3v) is 4.24. The molecule has 0 bridgehead atoms. The normalized spacial score (nSPS) is 10.6. The summed E-state index contributed by atoms with van der Waals surface area (Å²) in [6.07, 6.45) is 1.40. The van der Waals surface area contributed by atoms with Crippen molar-refractivity contribution in [1.82, 2.24) is 9.97 Å². The highest BCUT2D eigenvalue weighted by atomic mass is 35.5. The lowest BCUT2D eigenvalue weighted by Crippen LogP contribution is -2.21. The summed E-state index contributed by atoms with van der Waals surface area (Å²) in [5, 5.41) is 6.01. The molecule has 0 aliphatic heterocycles. The Hall–Kier alpha value is -1.89. The van der Waals surface area contributed by atoms with Crippen LogP contribution >= 0.6 is 34.5 Å². The average Bonchev–Trinajstić information content (AvgIpc) is 2.98. The maximum absolute atomic E-state index is 12.0. The zero-order chi connectivity index (χ0) is 15.5. The summed E-state index contributed by atoms with van der Waals surface area (Å²) in [6.45, 7) is -0.205. The van der Waals surface area contributed by atoms with Gasteiger partial charge in [-0.3, -0.25) is 4.79 Å². The zero-order valence-corrected chi connectivity index (χ0v) is 13.4. The molecule has 1 N–H and O–H groups in total. The van der Waals surface area contributed by atoms with Crippen molar-refractivity contribution in [3.63, 3.8) is 0 Å². The van der Waals surface area contributed by atoms with Crippen molar-refractivity contribution in [2.45, 2.75) is 0 Å². The molecule has 0 saturated carbocycles. The quantitative estimate of drug-likeness (QED) is 0.769. The van der Waals surface area contributed by atoms with E-state index in [0.717, 1.165) is 10.2 Å². The number of amides is 1. The monoisotopic (exact) mass is 353 g/mol. The van der Waals surface area contributed by atoms with Gasteiger partial charge in [0.05, 0.1) is 21.1 Å². The number of nitrogens with zero attached hydrogens (tertiary/aromatic N) is 2. The van der Waals surface area contributed by atoms with Gasteiger partial charge in [0.25, 0.3) is 5.91 Å². The summed E-state index contributed by atoms with van der Waals surface area (Å²) in [7, 11) is 0. The van der Waals surface area contributed by atoms with E-state index in [-0.39, 0.29) is 12.5 Å². The fourth-order valence-electron chi connectivity index (χ4n) is 1.81. The molecular formula is C14H9Cl2N3O2S. The van der Waals surface area contributed by atoms with Gasteiger partial charge in [-0.2, -0.15) is 0 Å². The molecule has 0 fully saturated rings. The molecule has 1 aromatic carbocycles. The second kappa shape index (κ2) is 6.48. The average molecular weight is 354 g/mol. The van der Waals surface area contributed by atoms with E-state index in [0.29, 0.717) is 21.6 Å². The van der Waals surface area contributed by atoms with Crippen molar-refractivity contribution in [2.75, 3.05) is 11.9 Å². The van der Waals surface area contributed by atoms with Crippen LogP contribution in [0.4, 0.5) is 5.69 Å². The molecule has 0 unspecified atom stereocenters. The second-order valence-electron chi connectivity index (χ2n) is 4.25. The maximum Gasteiger partial charge on any atom is 0.262 e. The van der Waals surface area contributed by atoms with E-state index in [2.05, 4.69) is 15.3 Å². The Bertz CT molecular complexity index is 818. The number of hydrogen-bond donors (Lipinski definition) is 1. The maximum atomic E-state index is 12.0. The second-order valence-corrected chi connectivity index (χ2v) is 5.96. The highest BCUT2D eigenvalue weighted by Gasteiger charge is 2.12. The fourth-order valence-corrected chi connectivity index (χ4v) is 3.02. The van der Waals surface area contributed by atoms with Gasteiger partial charge in [-0.05, 0) is 23.6 Å². The summed E-state index contributed by atoms with van der Waals surface area (Å²) < 4.78 is 5.45. The molecule has 22 heavy (non-hydrogen) atoms. The predicted octanol–water partition coefficient (Wildman–Crippen LogP) is 4.02. The number of para-hydroxylation sites is 1. The molecule has 0 spiro atoms. The number of thiophene rings is 1. The number of ether oxygens (including phenoxy) is 1. The summed E-state index contributed by atoms with van der Waals surface area (Å²) in [6, 6.07) is 6.83. The number of carbonyl (C=O) groups excluding carboxylic acids is 1. The van der Waals surface area contributed by atoms with E-state index in [1.807, 2.05) is 11.4 Å². The van der Waals surface area contributed by atoms with E-state index >= 15 is 0 Å². The van der Waals surface area contributed by atoms with Gasteiger partial charge >= 0.3 is 0 Å². The molecule has 0 aliphatic rings. The minimum absolute atomic E-state index is 0.205. The van der Waals surface area contributed by atoms with Gasteiger partial charge in [0.1, 0.15) is 11.2 Å². The lowest BCUT2D eigenvalue weighted by molar-refractivity contribution is -0.118. The molecular weight excluding hydrogens is 345 g/mol. The molecule has 3 aromatic rings. The number of fused-ring (bicyclic) bond motifs is 1. The van der Waals surface area contributed by atoms with E-state index in [9.17, 15) is 4.79 Å². The van der Waals surface area contributed by atoms with Gasteiger partial charge in [0.15, 0.2) is 6.61 Å². The van der Waals surface area contributed by atoms with Crippen LogP contribution in [0.25, 0.3) is 10.2 Å². The summed E-state index contributed by atoms with van der Waals surface area (Å²) in [5.41, 5.74) is 0.364. The third kappa shape index (κ3) is 3.14. The molecule has 5 nitrogen and oxygen atoms in total. The zero-order valence-electron chi connectivity index (χ0n) is 11.0. The number of rotatable bonds is 4. The van der Waals surface area contributed by atoms with Crippen molar-refractivity contribution in [3.05, 3.63) is 46.0 Å². The standard InChI is InChI=1S/C14H9Cl2N3O2S/c15-9-2-1-3-10(16)12(9)19-11(20)6-21-13-8-4-5-22-14(8)18-7-17-13/h1-5,7H,6H2,(H,19,20). The fraction of sp³-hybridized carbons (Fsp3) is 0.0714. The molecule has 2 heterocycles. The smallest absolute Gasteiger partial charge is 0.262 e. The summed E-state index contributed by atoms with van der Waals surface area (Å²) in [5.74, 6) is -0.0105. The molecule has 0 saturated heterocycles. The van der Waals surface area contributed by atoms with Gasteiger partial charge in [-0.25, -0.2) is 9.97 Å². The van der Waals surface area contributed by atoms with Crippen LogP contribution in [0, 0.1) is 0 Å². The molecule has 0 aliphatic carbocycles. The molecule has 1 amide bonds. The Morgan fingerprint density at radius 3 is 2.77 bits per heavy atom. The number of hydrogen-bond acceptors (Lipinski definition) is 5. The minimum atomic E-state index is -0.378. The van der Waals surface area contributed by atoms with E-state index in [1.165, 1.54) is 17.7 Å². The van der Waals surface area contributed by atoms with Gasteiger partial charge in [-0.1, -0.05) is 29.3 Å². The number of carbonyl (C=O) groups is 1. The van der Waals surface area contributed by atoms with Crippen LogP contribution in [0.2, 0.25) is 10.0 Å². The summed E-state index contributed by atoms with van der Waals surface area (Å²) >= 11 is 13.5. The minimum Gasteiger partial charge on any atom is -0.467 e. The lowest BCUT2D eigenvalue weighted by atomic mass is 10.3. The van der Waals surface area contributed by atoms with Crippen LogP contribution in [-0.4, -0.2) is 22.5 Å².